The first-order chi connectivity index (χ1) is 15.3. The molecule has 0 saturated heterocycles. The molecule has 0 unspecified atom stereocenters. The van der Waals surface area contributed by atoms with Crippen molar-refractivity contribution in [3.05, 3.63) is 40.0 Å². The lowest BCUT2D eigenvalue weighted by atomic mass is 9.89. The summed E-state index contributed by atoms with van der Waals surface area (Å²) >= 11 is 0.447. The molecule has 1 amide bonds. The third-order valence-electron chi connectivity index (χ3n) is 4.49. The molecule has 0 bridgehead atoms. The van der Waals surface area contributed by atoms with E-state index in [4.69, 9.17) is 0 Å². The van der Waals surface area contributed by atoms with Gasteiger partial charge in [0.1, 0.15) is 0 Å². The van der Waals surface area contributed by atoms with Gasteiger partial charge >= 0.3 is 12.4 Å². The summed E-state index contributed by atoms with van der Waals surface area (Å²) in [5.74, 6) is -0.869. The molecule has 0 radical (unpaired) electrons. The number of alkyl halides is 8. The number of hydrogen-bond donors (Lipinski definition) is 4. The Hall–Kier alpha value is -2.36. The van der Waals surface area contributed by atoms with E-state index in [0.29, 0.717) is 17.4 Å². The highest BCUT2D eigenvalue weighted by atomic mass is 32.1. The molecule has 6 nitrogen and oxygen atoms in total. The number of carbonyl (C=O) groups excluding carboxylic acids is 1. The van der Waals surface area contributed by atoms with E-state index in [2.05, 4.69) is 10.3 Å². The van der Waals surface area contributed by atoms with Crippen LogP contribution in [-0.4, -0.2) is 50.7 Å². The van der Waals surface area contributed by atoms with Gasteiger partial charge in [0.15, 0.2) is 5.01 Å². The average molecular weight is 522 g/mol. The van der Waals surface area contributed by atoms with E-state index >= 15 is 0 Å². The number of benzene rings is 1. The molecule has 1 heterocycles. The predicted octanol–water partition coefficient (Wildman–Crippen LogP) is 4.05. The number of nitrogens with zero attached hydrogens (tertiary/aromatic N) is 1. The van der Waals surface area contributed by atoms with E-state index < -0.39 is 59.2 Å². The fraction of sp³-hybridized carbons (Fsp3) is 0.474. The van der Waals surface area contributed by atoms with Gasteiger partial charge in [-0.05, 0) is 19.9 Å². The maximum Gasteiger partial charge on any atom is 0.430 e. The van der Waals surface area contributed by atoms with Crippen LogP contribution in [0.3, 0.4) is 0 Å². The van der Waals surface area contributed by atoms with Gasteiger partial charge in [-0.1, -0.05) is 12.1 Å². The Bertz CT molecular complexity index is 1030. The van der Waals surface area contributed by atoms with Gasteiger partial charge in [-0.25, -0.2) is 13.8 Å². The minimum absolute atomic E-state index is 0.129. The summed E-state index contributed by atoms with van der Waals surface area (Å²) in [6, 6.07) is 0.539. The molecule has 4 N–H and O–H groups in total. The zero-order chi connectivity index (χ0) is 26.3. The molecule has 0 spiro atoms. The van der Waals surface area contributed by atoms with Crippen molar-refractivity contribution in [3.8, 4) is 10.4 Å². The quantitative estimate of drug-likeness (QED) is 0.411. The van der Waals surface area contributed by atoms with Crippen LogP contribution in [0.4, 0.5) is 35.1 Å². The number of thiazole rings is 1. The van der Waals surface area contributed by atoms with Crippen LogP contribution in [0.2, 0.25) is 0 Å². The van der Waals surface area contributed by atoms with Crippen LogP contribution < -0.4 is 5.32 Å². The molecule has 1 aromatic heterocycles. The average Bonchev–Trinajstić information content (AvgIpc) is 3.13. The predicted molar refractivity (Wildman–Crippen MR) is 103 cm³/mol. The maximum atomic E-state index is 13.7. The highest BCUT2D eigenvalue weighted by Gasteiger charge is 2.71. The van der Waals surface area contributed by atoms with Crippen molar-refractivity contribution in [1.82, 2.24) is 10.3 Å². The van der Waals surface area contributed by atoms with Crippen molar-refractivity contribution in [2.24, 2.45) is 0 Å². The molecule has 1 aromatic carbocycles. The zero-order valence-electron chi connectivity index (χ0n) is 17.4. The molecular formula is C19H18F8N2O4S. The Morgan fingerprint density at radius 2 is 1.65 bits per heavy atom. The van der Waals surface area contributed by atoms with Gasteiger partial charge in [0.25, 0.3) is 17.9 Å². The smallest absolute Gasteiger partial charge is 0.390 e. The summed E-state index contributed by atoms with van der Waals surface area (Å²) in [5, 5.41) is 30.6. The van der Waals surface area contributed by atoms with Crippen molar-refractivity contribution in [3.63, 3.8) is 0 Å². The van der Waals surface area contributed by atoms with Crippen molar-refractivity contribution in [2.45, 2.75) is 50.4 Å². The second kappa shape index (κ2) is 9.36. The molecule has 0 fully saturated rings. The minimum Gasteiger partial charge on any atom is -0.390 e. The SMILES string of the molecule is CC(C)(O)CNC(=O)c1nc(CO)c(-c2ccc(C(O)(C(F)(F)F)C(F)(F)F)cc2C(F)F)s1. The lowest BCUT2D eigenvalue weighted by molar-refractivity contribution is -0.376. The van der Waals surface area contributed by atoms with E-state index in [0.717, 1.165) is 0 Å². The number of aromatic nitrogens is 1. The van der Waals surface area contributed by atoms with Crippen LogP contribution in [0, 0.1) is 0 Å². The topological polar surface area (TPSA) is 103 Å². The lowest BCUT2D eigenvalue weighted by Crippen LogP contribution is -2.54. The van der Waals surface area contributed by atoms with Gasteiger partial charge in [-0.3, -0.25) is 4.79 Å². The number of carbonyl (C=O) groups is 1. The number of aliphatic hydroxyl groups excluding tert-OH is 1. The Morgan fingerprint density at radius 1 is 1.09 bits per heavy atom. The first-order valence-electron chi connectivity index (χ1n) is 9.23. The Morgan fingerprint density at radius 3 is 2.09 bits per heavy atom. The molecule has 0 saturated carbocycles. The number of hydrogen-bond acceptors (Lipinski definition) is 6. The monoisotopic (exact) mass is 522 g/mol. The Balaban J connectivity index is 2.63. The van der Waals surface area contributed by atoms with Gasteiger partial charge < -0.3 is 20.6 Å². The molecule has 0 atom stereocenters. The van der Waals surface area contributed by atoms with Crippen molar-refractivity contribution < 1.29 is 55.2 Å². The van der Waals surface area contributed by atoms with Gasteiger partial charge in [0, 0.05) is 23.2 Å². The minimum atomic E-state index is -6.28. The fourth-order valence-electron chi connectivity index (χ4n) is 2.80. The Labute approximate surface area is 190 Å². The van der Waals surface area contributed by atoms with Gasteiger partial charge in [-0.15, -0.1) is 11.3 Å². The molecular weight excluding hydrogens is 504 g/mol. The second-order valence-corrected chi connectivity index (χ2v) is 8.76. The first kappa shape index (κ1) is 27.9. The van der Waals surface area contributed by atoms with E-state index in [9.17, 15) is 55.2 Å². The highest BCUT2D eigenvalue weighted by molar-refractivity contribution is 7.17. The molecule has 34 heavy (non-hydrogen) atoms. The van der Waals surface area contributed by atoms with E-state index in [1.165, 1.54) is 13.8 Å². The molecule has 0 aliphatic carbocycles. The summed E-state index contributed by atoms with van der Waals surface area (Å²) in [6.45, 7) is 1.61. The van der Waals surface area contributed by atoms with Crippen molar-refractivity contribution in [1.29, 1.82) is 0 Å². The summed E-state index contributed by atoms with van der Waals surface area (Å²) in [6.07, 6.45) is -16.2. The number of amides is 1. The highest BCUT2D eigenvalue weighted by Crippen LogP contribution is 2.51. The van der Waals surface area contributed by atoms with E-state index in [-0.39, 0.29) is 34.3 Å². The molecule has 0 aliphatic rings. The second-order valence-electron chi connectivity index (χ2n) is 7.76. The standard InChI is InChI=1S/C19H18F8N2O4S/c1-16(2,32)7-28-14(31)15-29-11(6-30)12(34-15)9-4-3-8(5-10(9)13(20)21)17(33,18(22,23)24)19(25,26)27/h3-5,13,30,32-33H,6-7H2,1-2H3,(H,28,31). The summed E-state index contributed by atoms with van der Waals surface area (Å²) in [4.78, 5) is 15.7. The maximum absolute atomic E-state index is 13.7. The van der Waals surface area contributed by atoms with Crippen molar-refractivity contribution >= 4 is 17.2 Å². The molecule has 15 heteroatoms. The van der Waals surface area contributed by atoms with Crippen molar-refractivity contribution in [2.75, 3.05) is 6.54 Å². The zero-order valence-corrected chi connectivity index (χ0v) is 18.2. The van der Waals surface area contributed by atoms with Crippen LogP contribution in [0.5, 0.6) is 0 Å². The van der Waals surface area contributed by atoms with Gasteiger partial charge in [0.05, 0.1) is 22.8 Å². The lowest BCUT2D eigenvalue weighted by Gasteiger charge is -2.33. The van der Waals surface area contributed by atoms with Gasteiger partial charge in [-0.2, -0.15) is 26.3 Å². The fourth-order valence-corrected chi connectivity index (χ4v) is 3.84. The summed E-state index contributed by atoms with van der Waals surface area (Å²) < 4.78 is 106. The molecule has 0 aliphatic heterocycles. The normalized spacial score (nSPS) is 13.5. The van der Waals surface area contributed by atoms with Crippen LogP contribution in [0.15, 0.2) is 18.2 Å². The molecule has 2 rings (SSSR count). The number of rotatable bonds is 7. The third kappa shape index (κ3) is 5.47. The number of nitrogens with one attached hydrogen (secondary N) is 1. The van der Waals surface area contributed by atoms with Crippen LogP contribution in [-0.2, 0) is 12.2 Å². The van der Waals surface area contributed by atoms with Crippen LogP contribution in [0.1, 0.15) is 46.9 Å². The molecule has 190 valence electrons. The van der Waals surface area contributed by atoms with Gasteiger partial charge in [0.2, 0.25) is 0 Å². The van der Waals surface area contributed by atoms with Crippen LogP contribution in [0.25, 0.3) is 10.4 Å². The van der Waals surface area contributed by atoms with E-state index in [1.54, 1.807) is 0 Å². The first-order valence-corrected chi connectivity index (χ1v) is 10.0. The summed E-state index contributed by atoms with van der Waals surface area (Å²) in [5.41, 5.74) is -10.9. The third-order valence-corrected chi connectivity index (χ3v) is 5.62. The number of aliphatic hydroxyl groups is 3. The van der Waals surface area contributed by atoms with E-state index in [1.807, 2.05) is 0 Å². The summed E-state index contributed by atoms with van der Waals surface area (Å²) in [7, 11) is 0. The molecule has 2 aromatic rings. The Kier molecular flexibility index (Phi) is 7.67. The number of halogens is 8. The van der Waals surface area contributed by atoms with Crippen LogP contribution >= 0.6 is 11.3 Å². The largest absolute Gasteiger partial charge is 0.430 e.